The van der Waals surface area contributed by atoms with Crippen LogP contribution in [0.15, 0.2) is 18.2 Å². The van der Waals surface area contributed by atoms with Gasteiger partial charge in [-0.05, 0) is 62.6 Å². The minimum atomic E-state index is 0.675. The molecule has 1 aromatic rings. The highest BCUT2D eigenvalue weighted by molar-refractivity contribution is 5.54. The predicted octanol–water partition coefficient (Wildman–Crippen LogP) is 3.48. The summed E-state index contributed by atoms with van der Waals surface area (Å²) in [6.45, 7) is 5.62. The fourth-order valence-corrected chi connectivity index (χ4v) is 2.89. The molecule has 0 spiro atoms. The zero-order valence-corrected chi connectivity index (χ0v) is 12.4. The van der Waals surface area contributed by atoms with Gasteiger partial charge in [0.15, 0.2) is 0 Å². The van der Waals surface area contributed by atoms with Gasteiger partial charge in [0.2, 0.25) is 0 Å². The van der Waals surface area contributed by atoms with Crippen LogP contribution < -0.4 is 10.2 Å². The van der Waals surface area contributed by atoms with E-state index in [9.17, 15) is 0 Å². The number of nitrogens with zero attached hydrogens (tertiary/aromatic N) is 1. The minimum Gasteiger partial charge on any atom is -0.371 e. The molecule has 0 saturated heterocycles. The van der Waals surface area contributed by atoms with Gasteiger partial charge < -0.3 is 10.2 Å². The van der Waals surface area contributed by atoms with Crippen LogP contribution in [0.4, 0.5) is 5.69 Å². The Balaban J connectivity index is 1.67. The zero-order valence-electron chi connectivity index (χ0n) is 12.4. The van der Waals surface area contributed by atoms with Crippen LogP contribution in [0.25, 0.3) is 0 Å². The maximum absolute atomic E-state index is 3.59. The molecular weight excluding hydrogens is 232 g/mol. The number of aryl methyl sites for hydroxylation is 1. The van der Waals surface area contributed by atoms with Crippen molar-refractivity contribution < 1.29 is 0 Å². The summed E-state index contributed by atoms with van der Waals surface area (Å²) in [5, 5.41) is 3.59. The van der Waals surface area contributed by atoms with Crippen LogP contribution in [-0.2, 0) is 6.54 Å². The van der Waals surface area contributed by atoms with Gasteiger partial charge in [-0.2, -0.15) is 0 Å². The summed E-state index contributed by atoms with van der Waals surface area (Å²) in [5.74, 6) is 0.917. The molecule has 2 saturated carbocycles. The molecular formula is C17H26N2. The number of hydrogen-bond donors (Lipinski definition) is 1. The Morgan fingerprint density at radius 1 is 1.26 bits per heavy atom. The Labute approximate surface area is 117 Å². The largest absolute Gasteiger partial charge is 0.371 e. The third kappa shape index (κ3) is 3.11. The fraction of sp³-hybridized carbons (Fsp3) is 0.647. The monoisotopic (exact) mass is 258 g/mol. The highest BCUT2D eigenvalue weighted by atomic mass is 15.1. The number of rotatable bonds is 6. The van der Waals surface area contributed by atoms with Gasteiger partial charge in [-0.3, -0.25) is 0 Å². The van der Waals surface area contributed by atoms with Crippen LogP contribution in [0.5, 0.6) is 0 Å². The lowest BCUT2D eigenvalue weighted by Gasteiger charge is -2.29. The van der Waals surface area contributed by atoms with Gasteiger partial charge in [-0.1, -0.05) is 12.1 Å². The van der Waals surface area contributed by atoms with Crippen LogP contribution in [0.3, 0.4) is 0 Å². The van der Waals surface area contributed by atoms with E-state index in [4.69, 9.17) is 0 Å². The molecule has 1 aromatic carbocycles. The average Bonchev–Trinajstić information content (AvgIpc) is 3.28. The molecule has 0 heterocycles. The molecule has 0 bridgehead atoms. The Morgan fingerprint density at radius 2 is 2.00 bits per heavy atom. The molecule has 0 aromatic heterocycles. The van der Waals surface area contributed by atoms with Gasteiger partial charge in [-0.15, -0.1) is 0 Å². The summed E-state index contributed by atoms with van der Waals surface area (Å²) >= 11 is 0. The van der Waals surface area contributed by atoms with Crippen LogP contribution in [-0.4, -0.2) is 19.1 Å². The number of benzene rings is 1. The van der Waals surface area contributed by atoms with Crippen LogP contribution in [0.2, 0.25) is 0 Å². The third-order valence-electron chi connectivity index (χ3n) is 4.73. The molecule has 1 unspecified atom stereocenters. The van der Waals surface area contributed by atoms with Crippen molar-refractivity contribution in [2.45, 2.75) is 58.2 Å². The molecule has 104 valence electrons. The molecule has 2 fully saturated rings. The van der Waals surface area contributed by atoms with Gasteiger partial charge in [0, 0.05) is 31.4 Å². The van der Waals surface area contributed by atoms with E-state index in [1.54, 1.807) is 0 Å². The Hall–Kier alpha value is -1.02. The molecule has 1 atom stereocenters. The van der Waals surface area contributed by atoms with Crippen molar-refractivity contribution in [1.29, 1.82) is 0 Å². The summed E-state index contributed by atoms with van der Waals surface area (Å²) in [5.41, 5.74) is 4.22. The van der Waals surface area contributed by atoms with Crippen molar-refractivity contribution >= 4 is 5.69 Å². The molecule has 1 N–H and O–H groups in total. The number of hydrogen-bond acceptors (Lipinski definition) is 2. The number of anilines is 1. The molecule has 2 heteroatoms. The average molecular weight is 258 g/mol. The Kier molecular flexibility index (Phi) is 3.53. The summed E-state index contributed by atoms with van der Waals surface area (Å²) in [6.07, 6.45) is 5.54. The minimum absolute atomic E-state index is 0.675. The second kappa shape index (κ2) is 5.16. The summed E-state index contributed by atoms with van der Waals surface area (Å²) in [4.78, 5) is 2.46. The standard InChI is InChI=1S/C17H26N2/c1-12-10-14(11-18-16-7-8-16)4-9-17(12)19(3)13(2)15-5-6-15/h4,9-10,13,15-16,18H,5-8,11H2,1-3H3. The molecule has 19 heavy (non-hydrogen) atoms. The van der Waals surface area contributed by atoms with E-state index in [1.165, 1.54) is 42.5 Å². The highest BCUT2D eigenvalue weighted by Gasteiger charge is 2.31. The summed E-state index contributed by atoms with van der Waals surface area (Å²) in [6, 6.07) is 8.40. The second-order valence-electron chi connectivity index (χ2n) is 6.46. The van der Waals surface area contributed by atoms with Crippen molar-refractivity contribution in [3.8, 4) is 0 Å². The van der Waals surface area contributed by atoms with Crippen LogP contribution >= 0.6 is 0 Å². The molecule has 2 aliphatic carbocycles. The highest BCUT2D eigenvalue weighted by Crippen LogP contribution is 2.37. The topological polar surface area (TPSA) is 15.3 Å². The van der Waals surface area contributed by atoms with Crippen molar-refractivity contribution in [3.05, 3.63) is 29.3 Å². The molecule has 0 amide bonds. The summed E-state index contributed by atoms with van der Waals surface area (Å²) < 4.78 is 0. The Bertz CT molecular complexity index is 447. The van der Waals surface area contributed by atoms with E-state index in [2.05, 4.69) is 49.3 Å². The quantitative estimate of drug-likeness (QED) is 0.840. The van der Waals surface area contributed by atoms with Gasteiger partial charge in [0.1, 0.15) is 0 Å². The maximum atomic E-state index is 3.59. The lowest BCUT2D eigenvalue weighted by molar-refractivity contribution is 0.608. The van der Waals surface area contributed by atoms with Crippen molar-refractivity contribution in [1.82, 2.24) is 5.32 Å². The van der Waals surface area contributed by atoms with E-state index >= 15 is 0 Å². The first-order chi connectivity index (χ1) is 9.15. The SMILES string of the molecule is Cc1cc(CNC2CC2)ccc1N(C)C(C)C1CC1. The predicted molar refractivity (Wildman–Crippen MR) is 81.6 cm³/mol. The molecule has 2 aliphatic rings. The number of nitrogens with one attached hydrogen (secondary N) is 1. The molecule has 0 radical (unpaired) electrons. The van der Waals surface area contributed by atoms with Crippen molar-refractivity contribution in [3.63, 3.8) is 0 Å². The lowest BCUT2D eigenvalue weighted by atomic mass is 10.1. The van der Waals surface area contributed by atoms with Gasteiger partial charge in [0.25, 0.3) is 0 Å². The van der Waals surface area contributed by atoms with Gasteiger partial charge >= 0.3 is 0 Å². The first kappa shape index (κ1) is 13.0. The molecule has 2 nitrogen and oxygen atoms in total. The van der Waals surface area contributed by atoms with Crippen LogP contribution in [0.1, 0.15) is 43.7 Å². The molecule has 3 rings (SSSR count). The maximum Gasteiger partial charge on any atom is 0.0396 e. The fourth-order valence-electron chi connectivity index (χ4n) is 2.89. The smallest absolute Gasteiger partial charge is 0.0396 e. The Morgan fingerprint density at radius 3 is 2.58 bits per heavy atom. The molecule has 0 aliphatic heterocycles. The summed E-state index contributed by atoms with van der Waals surface area (Å²) in [7, 11) is 2.24. The first-order valence-electron chi connectivity index (χ1n) is 7.71. The second-order valence-corrected chi connectivity index (χ2v) is 6.46. The van der Waals surface area contributed by atoms with Crippen molar-refractivity contribution in [2.75, 3.05) is 11.9 Å². The van der Waals surface area contributed by atoms with E-state index in [0.717, 1.165) is 18.5 Å². The van der Waals surface area contributed by atoms with Crippen LogP contribution in [0, 0.1) is 12.8 Å². The third-order valence-corrected chi connectivity index (χ3v) is 4.73. The lowest BCUT2D eigenvalue weighted by Crippen LogP contribution is -2.31. The van der Waals surface area contributed by atoms with E-state index in [-0.39, 0.29) is 0 Å². The van der Waals surface area contributed by atoms with Crippen molar-refractivity contribution in [2.24, 2.45) is 5.92 Å². The van der Waals surface area contributed by atoms with E-state index in [0.29, 0.717) is 6.04 Å². The van der Waals surface area contributed by atoms with Gasteiger partial charge in [-0.25, -0.2) is 0 Å². The normalized spacial score (nSPS) is 20.4. The zero-order chi connectivity index (χ0) is 13.4. The van der Waals surface area contributed by atoms with Gasteiger partial charge in [0.05, 0.1) is 0 Å². The van der Waals surface area contributed by atoms with E-state index in [1.807, 2.05) is 0 Å². The first-order valence-corrected chi connectivity index (χ1v) is 7.71. The van der Waals surface area contributed by atoms with E-state index < -0.39 is 0 Å².